The van der Waals surface area contributed by atoms with Crippen molar-refractivity contribution in [1.82, 2.24) is 0 Å². The van der Waals surface area contributed by atoms with Gasteiger partial charge in [-0.05, 0) is 29.9 Å². The van der Waals surface area contributed by atoms with Gasteiger partial charge in [0.2, 0.25) is 0 Å². The average Bonchev–Trinajstić information content (AvgIpc) is 2.70. The molecule has 2 unspecified atom stereocenters. The van der Waals surface area contributed by atoms with Gasteiger partial charge >= 0.3 is 0 Å². The fraction of sp³-hybridized carbons (Fsp3) is 0.500. The van der Waals surface area contributed by atoms with Crippen molar-refractivity contribution in [2.75, 3.05) is 13.2 Å². The van der Waals surface area contributed by atoms with Crippen molar-refractivity contribution in [3.05, 3.63) is 29.8 Å². The summed E-state index contributed by atoms with van der Waals surface area (Å²) < 4.78 is 5.36. The van der Waals surface area contributed by atoms with Gasteiger partial charge in [0.15, 0.2) is 0 Å². The van der Waals surface area contributed by atoms with E-state index in [0.29, 0.717) is 17.6 Å². The molecule has 0 amide bonds. The van der Waals surface area contributed by atoms with E-state index in [4.69, 9.17) is 4.74 Å². The second kappa shape index (κ2) is 4.01. The average molecular weight is 192 g/mol. The van der Waals surface area contributed by atoms with Gasteiger partial charge in [0.1, 0.15) is 5.75 Å². The maximum Gasteiger partial charge on any atom is 0.119 e. The second-order valence-electron chi connectivity index (χ2n) is 3.97. The highest BCUT2D eigenvalue weighted by Gasteiger charge is 2.24. The molecule has 1 aliphatic rings. The van der Waals surface area contributed by atoms with Gasteiger partial charge < -0.3 is 9.84 Å². The van der Waals surface area contributed by atoms with E-state index < -0.39 is 0 Å². The summed E-state index contributed by atoms with van der Waals surface area (Å²) >= 11 is 0. The zero-order valence-corrected chi connectivity index (χ0v) is 8.44. The molecule has 0 saturated carbocycles. The highest BCUT2D eigenvalue weighted by atomic mass is 16.5. The third-order valence-corrected chi connectivity index (χ3v) is 3.10. The Bertz CT molecular complexity index is 303. The zero-order valence-electron chi connectivity index (χ0n) is 8.44. The number of ether oxygens (including phenoxy) is 1. The molecule has 1 saturated heterocycles. The van der Waals surface area contributed by atoms with Crippen molar-refractivity contribution in [2.45, 2.75) is 19.3 Å². The number of hydrogen-bond acceptors (Lipinski definition) is 2. The topological polar surface area (TPSA) is 29.5 Å². The van der Waals surface area contributed by atoms with Crippen LogP contribution in [0.25, 0.3) is 0 Å². The maximum absolute atomic E-state index is 9.70. The van der Waals surface area contributed by atoms with Gasteiger partial charge in [-0.15, -0.1) is 0 Å². The van der Waals surface area contributed by atoms with E-state index in [1.165, 1.54) is 0 Å². The lowest BCUT2D eigenvalue weighted by Gasteiger charge is -2.18. The molecular weight excluding hydrogens is 176 g/mol. The number of hydrogen-bond donors (Lipinski definition) is 1. The molecule has 0 radical (unpaired) electrons. The van der Waals surface area contributed by atoms with Crippen LogP contribution in [0.3, 0.4) is 0 Å². The Balaban J connectivity index is 2.17. The molecular formula is C12H16O2. The summed E-state index contributed by atoms with van der Waals surface area (Å²) in [7, 11) is 0. The van der Waals surface area contributed by atoms with Gasteiger partial charge in [-0.3, -0.25) is 0 Å². The number of benzene rings is 1. The summed E-state index contributed by atoms with van der Waals surface area (Å²) in [4.78, 5) is 0. The molecule has 1 N–H and O–H groups in total. The molecule has 2 nitrogen and oxygen atoms in total. The molecule has 76 valence electrons. The second-order valence-corrected chi connectivity index (χ2v) is 3.97. The van der Waals surface area contributed by atoms with Gasteiger partial charge in [0.25, 0.3) is 0 Å². The van der Waals surface area contributed by atoms with Crippen molar-refractivity contribution in [2.24, 2.45) is 5.92 Å². The fourth-order valence-electron chi connectivity index (χ4n) is 2.07. The standard InChI is InChI=1S/C12H16O2/c1-9(10-6-7-14-8-10)11-4-2-3-5-12(11)13/h2-5,9-10,13H,6-8H2,1H3. The Labute approximate surface area is 84.5 Å². The predicted molar refractivity (Wildman–Crippen MR) is 55.4 cm³/mol. The smallest absolute Gasteiger partial charge is 0.119 e. The van der Waals surface area contributed by atoms with Crippen molar-refractivity contribution in [3.8, 4) is 5.75 Å². The summed E-state index contributed by atoms with van der Waals surface area (Å²) in [6.45, 7) is 3.85. The first-order valence-electron chi connectivity index (χ1n) is 5.14. The van der Waals surface area contributed by atoms with Crippen molar-refractivity contribution >= 4 is 0 Å². The van der Waals surface area contributed by atoms with Crippen LogP contribution in [-0.2, 0) is 4.74 Å². The van der Waals surface area contributed by atoms with E-state index >= 15 is 0 Å². The number of rotatable bonds is 2. The SMILES string of the molecule is CC(c1ccccc1O)C1CCOC1. The van der Waals surface area contributed by atoms with Gasteiger partial charge in [0, 0.05) is 6.61 Å². The van der Waals surface area contributed by atoms with Crippen LogP contribution in [0.2, 0.25) is 0 Å². The lowest BCUT2D eigenvalue weighted by Crippen LogP contribution is -2.09. The molecule has 1 aromatic carbocycles. The maximum atomic E-state index is 9.70. The molecule has 1 aromatic rings. The molecule has 0 aromatic heterocycles. The van der Waals surface area contributed by atoms with E-state index in [-0.39, 0.29) is 0 Å². The molecule has 2 atom stereocenters. The van der Waals surface area contributed by atoms with Crippen LogP contribution >= 0.6 is 0 Å². The predicted octanol–water partition coefficient (Wildman–Crippen LogP) is 2.53. The lowest BCUT2D eigenvalue weighted by atomic mass is 9.87. The highest BCUT2D eigenvalue weighted by Crippen LogP contribution is 2.34. The Morgan fingerprint density at radius 1 is 1.43 bits per heavy atom. The molecule has 1 fully saturated rings. The van der Waals surface area contributed by atoms with Gasteiger partial charge in [-0.1, -0.05) is 25.1 Å². The Morgan fingerprint density at radius 2 is 2.21 bits per heavy atom. The minimum Gasteiger partial charge on any atom is -0.508 e. The van der Waals surface area contributed by atoms with E-state index in [0.717, 1.165) is 25.2 Å². The fourth-order valence-corrected chi connectivity index (χ4v) is 2.07. The van der Waals surface area contributed by atoms with Crippen LogP contribution in [0.5, 0.6) is 5.75 Å². The molecule has 0 aliphatic carbocycles. The summed E-state index contributed by atoms with van der Waals surface area (Å²) in [6, 6.07) is 7.58. The quantitative estimate of drug-likeness (QED) is 0.780. The monoisotopic (exact) mass is 192 g/mol. The van der Waals surface area contributed by atoms with Gasteiger partial charge in [-0.25, -0.2) is 0 Å². The van der Waals surface area contributed by atoms with Crippen LogP contribution in [0.4, 0.5) is 0 Å². The molecule has 14 heavy (non-hydrogen) atoms. The molecule has 1 heterocycles. The highest BCUT2D eigenvalue weighted by molar-refractivity contribution is 5.34. The summed E-state index contributed by atoms with van der Waals surface area (Å²) in [5.41, 5.74) is 1.04. The van der Waals surface area contributed by atoms with Crippen molar-refractivity contribution in [3.63, 3.8) is 0 Å². The first-order valence-corrected chi connectivity index (χ1v) is 5.14. The number of phenolic OH excluding ortho intramolecular Hbond substituents is 1. The van der Waals surface area contributed by atoms with Gasteiger partial charge in [-0.2, -0.15) is 0 Å². The van der Waals surface area contributed by atoms with Crippen molar-refractivity contribution in [1.29, 1.82) is 0 Å². The zero-order chi connectivity index (χ0) is 9.97. The van der Waals surface area contributed by atoms with Crippen LogP contribution in [0.1, 0.15) is 24.8 Å². The number of aromatic hydroxyl groups is 1. The number of phenols is 1. The Kier molecular flexibility index (Phi) is 2.73. The third-order valence-electron chi connectivity index (χ3n) is 3.10. The van der Waals surface area contributed by atoms with E-state index in [1.54, 1.807) is 6.07 Å². The first kappa shape index (κ1) is 9.53. The summed E-state index contributed by atoms with van der Waals surface area (Å²) in [6.07, 6.45) is 1.11. The van der Waals surface area contributed by atoms with Gasteiger partial charge in [0.05, 0.1) is 6.61 Å². The molecule has 0 bridgehead atoms. The van der Waals surface area contributed by atoms with Crippen LogP contribution in [-0.4, -0.2) is 18.3 Å². The molecule has 2 heteroatoms. The lowest BCUT2D eigenvalue weighted by molar-refractivity contribution is 0.181. The van der Waals surface area contributed by atoms with Crippen molar-refractivity contribution < 1.29 is 9.84 Å². The van der Waals surface area contributed by atoms with E-state index in [9.17, 15) is 5.11 Å². The minimum absolute atomic E-state index is 0.388. The normalized spacial score (nSPS) is 23.6. The van der Waals surface area contributed by atoms with Crippen LogP contribution in [0.15, 0.2) is 24.3 Å². The Hall–Kier alpha value is -1.02. The third kappa shape index (κ3) is 1.75. The summed E-state index contributed by atoms with van der Waals surface area (Å²) in [5.74, 6) is 1.36. The first-order chi connectivity index (χ1) is 6.79. The van der Waals surface area contributed by atoms with Crippen LogP contribution < -0.4 is 0 Å². The largest absolute Gasteiger partial charge is 0.508 e. The minimum atomic E-state index is 0.388. The molecule has 1 aliphatic heterocycles. The van der Waals surface area contributed by atoms with E-state index in [2.05, 4.69) is 6.92 Å². The Morgan fingerprint density at radius 3 is 2.86 bits per heavy atom. The van der Waals surface area contributed by atoms with E-state index in [1.807, 2.05) is 18.2 Å². The number of para-hydroxylation sites is 1. The molecule has 2 rings (SSSR count). The van der Waals surface area contributed by atoms with Crippen LogP contribution in [0, 0.1) is 5.92 Å². The summed E-state index contributed by atoms with van der Waals surface area (Å²) in [5, 5.41) is 9.70. The molecule has 0 spiro atoms.